The fraction of sp³-hybridized carbons (Fsp3) is 0.200. The Hall–Kier alpha value is -2.28. The molecule has 0 bridgehead atoms. The number of benzene rings is 2. The molecule has 0 saturated carbocycles. The first-order valence-corrected chi connectivity index (χ1v) is 10.4. The van der Waals surface area contributed by atoms with Gasteiger partial charge >= 0.3 is 6.61 Å². The number of aliphatic hydroxyl groups excluding tert-OH is 1. The van der Waals surface area contributed by atoms with Gasteiger partial charge in [0.1, 0.15) is 5.75 Å². The minimum absolute atomic E-state index is 0.190. The average molecular weight is 422 g/mol. The molecule has 0 saturated heterocycles. The van der Waals surface area contributed by atoms with E-state index < -0.39 is 33.3 Å². The molecule has 0 radical (unpaired) electrons. The fourth-order valence-electron chi connectivity index (χ4n) is 2.01. The molecule has 0 aromatic heterocycles. The van der Waals surface area contributed by atoms with E-state index in [-0.39, 0.29) is 27.8 Å². The van der Waals surface area contributed by atoms with Gasteiger partial charge in [-0.25, -0.2) is 21.6 Å². The largest absolute Gasteiger partial charge is 0.433 e. The highest BCUT2D eigenvalue weighted by molar-refractivity contribution is 7.92. The molecule has 2 rings (SSSR count). The van der Waals surface area contributed by atoms with Gasteiger partial charge in [0.2, 0.25) is 10.0 Å². The van der Waals surface area contributed by atoms with Crippen LogP contribution < -0.4 is 14.2 Å². The zero-order valence-electron chi connectivity index (χ0n) is 13.7. The summed E-state index contributed by atoms with van der Waals surface area (Å²) in [6.45, 7) is -3.72. The number of ether oxygens (including phenoxy) is 1. The van der Waals surface area contributed by atoms with E-state index in [0.717, 1.165) is 24.3 Å². The monoisotopic (exact) mass is 422 g/mol. The second-order valence-electron chi connectivity index (χ2n) is 5.07. The van der Waals surface area contributed by atoms with Crippen molar-refractivity contribution < 1.29 is 35.5 Å². The van der Waals surface area contributed by atoms with E-state index in [1.807, 2.05) is 0 Å². The minimum Gasteiger partial charge on any atom is -0.433 e. The number of rotatable bonds is 9. The second kappa shape index (κ2) is 8.61. The molecule has 0 fully saturated rings. The van der Waals surface area contributed by atoms with Crippen LogP contribution in [0.25, 0.3) is 0 Å². The maximum Gasteiger partial charge on any atom is 0.387 e. The van der Waals surface area contributed by atoms with Crippen molar-refractivity contribution in [3.8, 4) is 5.75 Å². The highest BCUT2D eigenvalue weighted by atomic mass is 32.2. The number of alkyl halides is 2. The van der Waals surface area contributed by atoms with Gasteiger partial charge in [-0.1, -0.05) is 12.1 Å². The van der Waals surface area contributed by atoms with Gasteiger partial charge in [0.05, 0.1) is 22.1 Å². The van der Waals surface area contributed by atoms with E-state index >= 15 is 0 Å². The lowest BCUT2D eigenvalue weighted by Gasteiger charge is -2.13. The quantitative estimate of drug-likeness (QED) is 0.561. The van der Waals surface area contributed by atoms with Crippen LogP contribution in [-0.4, -0.2) is 41.7 Å². The van der Waals surface area contributed by atoms with Crippen LogP contribution in [0.4, 0.5) is 14.5 Å². The second-order valence-corrected chi connectivity index (χ2v) is 8.52. The Morgan fingerprint density at radius 2 is 1.48 bits per heavy atom. The molecule has 0 spiro atoms. The summed E-state index contributed by atoms with van der Waals surface area (Å²) in [4.78, 5) is -0.480. The summed E-state index contributed by atoms with van der Waals surface area (Å²) in [6, 6.07) is 9.47. The summed E-state index contributed by atoms with van der Waals surface area (Å²) in [5, 5.41) is 8.67. The topological polar surface area (TPSA) is 122 Å². The van der Waals surface area contributed by atoms with Crippen molar-refractivity contribution in [3.63, 3.8) is 0 Å². The van der Waals surface area contributed by atoms with Gasteiger partial charge in [-0.3, -0.25) is 4.72 Å². The number of hydrogen-bond acceptors (Lipinski definition) is 6. The van der Waals surface area contributed by atoms with Gasteiger partial charge in [0.25, 0.3) is 10.0 Å². The molecule has 2 aromatic rings. The highest BCUT2D eigenvalue weighted by Crippen LogP contribution is 2.28. The zero-order valence-corrected chi connectivity index (χ0v) is 15.3. The Bertz CT molecular complexity index is 980. The van der Waals surface area contributed by atoms with Crippen molar-refractivity contribution in [2.75, 3.05) is 17.9 Å². The number of aliphatic hydroxyl groups is 1. The predicted octanol–water partition coefficient (Wildman–Crippen LogP) is 1.36. The molecule has 0 heterocycles. The molecule has 0 unspecified atom stereocenters. The van der Waals surface area contributed by atoms with Gasteiger partial charge in [-0.2, -0.15) is 8.78 Å². The van der Waals surface area contributed by atoms with E-state index in [2.05, 4.69) is 14.2 Å². The third-order valence-corrected chi connectivity index (χ3v) is 6.05. The summed E-state index contributed by atoms with van der Waals surface area (Å²) < 4.78 is 82.0. The van der Waals surface area contributed by atoms with E-state index in [1.165, 1.54) is 24.3 Å². The molecule has 0 amide bonds. The van der Waals surface area contributed by atoms with Gasteiger partial charge in [-0.15, -0.1) is 0 Å². The fourth-order valence-corrected chi connectivity index (χ4v) is 4.11. The van der Waals surface area contributed by atoms with Crippen LogP contribution in [0.1, 0.15) is 0 Å². The summed E-state index contributed by atoms with van der Waals surface area (Å²) in [6.07, 6.45) is 0. The number of para-hydroxylation sites is 2. The van der Waals surface area contributed by atoms with E-state index in [9.17, 15) is 25.6 Å². The van der Waals surface area contributed by atoms with Crippen LogP contribution in [0.3, 0.4) is 0 Å². The molecular weight excluding hydrogens is 406 g/mol. The molecule has 0 aliphatic heterocycles. The molecule has 27 heavy (non-hydrogen) atoms. The van der Waals surface area contributed by atoms with E-state index in [1.54, 1.807) is 0 Å². The van der Waals surface area contributed by atoms with Gasteiger partial charge in [0.15, 0.2) is 0 Å². The molecular formula is C15H16F2N2O6S2. The molecule has 2 aromatic carbocycles. The van der Waals surface area contributed by atoms with Crippen LogP contribution in [0.5, 0.6) is 5.75 Å². The number of hydrogen-bond donors (Lipinski definition) is 3. The van der Waals surface area contributed by atoms with Crippen molar-refractivity contribution in [2.45, 2.75) is 16.4 Å². The molecule has 0 aliphatic carbocycles. The van der Waals surface area contributed by atoms with E-state index in [4.69, 9.17) is 5.11 Å². The zero-order chi connectivity index (χ0) is 20.1. The third kappa shape index (κ3) is 5.60. The van der Waals surface area contributed by atoms with Crippen LogP contribution in [0.2, 0.25) is 0 Å². The number of halogens is 2. The predicted molar refractivity (Wildman–Crippen MR) is 92.6 cm³/mol. The number of sulfonamides is 2. The van der Waals surface area contributed by atoms with E-state index in [0.29, 0.717) is 0 Å². The Kier molecular flexibility index (Phi) is 6.70. The molecule has 148 valence electrons. The van der Waals surface area contributed by atoms with Crippen molar-refractivity contribution >= 4 is 25.7 Å². The smallest absolute Gasteiger partial charge is 0.387 e. The first-order chi connectivity index (χ1) is 12.7. The lowest BCUT2D eigenvalue weighted by molar-refractivity contribution is -0.0493. The molecule has 0 atom stereocenters. The Morgan fingerprint density at radius 1 is 0.926 bits per heavy atom. The maximum absolute atomic E-state index is 12.4. The Labute approximate surface area is 154 Å². The third-order valence-electron chi connectivity index (χ3n) is 3.20. The average Bonchev–Trinajstić information content (AvgIpc) is 2.61. The lowest BCUT2D eigenvalue weighted by atomic mass is 10.3. The van der Waals surface area contributed by atoms with Crippen LogP contribution >= 0.6 is 0 Å². The van der Waals surface area contributed by atoms with Gasteiger partial charge < -0.3 is 9.84 Å². The van der Waals surface area contributed by atoms with Crippen molar-refractivity contribution in [2.24, 2.45) is 0 Å². The standard InChI is InChI=1S/C15H16F2N2O6S2/c16-15(17)25-14-4-2-1-3-13(14)19-27(23,24)12-7-5-11(6-8-12)26(21,22)18-9-10-20/h1-8,15,18-20H,9-10H2. The maximum atomic E-state index is 12.4. The first kappa shape index (κ1) is 21.0. The van der Waals surface area contributed by atoms with Crippen molar-refractivity contribution in [1.82, 2.24) is 4.72 Å². The normalized spacial score (nSPS) is 12.1. The summed E-state index contributed by atoms with van der Waals surface area (Å²) in [5.41, 5.74) is -0.195. The van der Waals surface area contributed by atoms with Gasteiger partial charge in [-0.05, 0) is 36.4 Å². The lowest BCUT2D eigenvalue weighted by Crippen LogP contribution is -2.26. The number of nitrogens with one attached hydrogen (secondary N) is 2. The van der Waals surface area contributed by atoms with Crippen molar-refractivity contribution in [1.29, 1.82) is 0 Å². The van der Waals surface area contributed by atoms with Crippen LogP contribution in [-0.2, 0) is 20.0 Å². The molecule has 12 heteroatoms. The molecule has 8 nitrogen and oxygen atoms in total. The van der Waals surface area contributed by atoms with Crippen LogP contribution in [0.15, 0.2) is 58.3 Å². The first-order valence-electron chi connectivity index (χ1n) is 7.43. The van der Waals surface area contributed by atoms with Crippen molar-refractivity contribution in [3.05, 3.63) is 48.5 Å². The highest BCUT2D eigenvalue weighted by Gasteiger charge is 2.20. The summed E-state index contributed by atoms with van der Waals surface area (Å²) >= 11 is 0. The van der Waals surface area contributed by atoms with Gasteiger partial charge in [0, 0.05) is 6.54 Å². The SMILES string of the molecule is O=S(=O)(NCCO)c1ccc(S(=O)(=O)Nc2ccccc2OC(F)F)cc1. The molecule has 0 aliphatic rings. The van der Waals surface area contributed by atoms with Crippen LogP contribution in [0, 0.1) is 0 Å². The molecule has 3 N–H and O–H groups in total. The Balaban J connectivity index is 2.26. The summed E-state index contributed by atoms with van der Waals surface area (Å²) in [7, 11) is -8.07. The summed E-state index contributed by atoms with van der Waals surface area (Å²) in [5.74, 6) is -0.358. The minimum atomic E-state index is -4.18. The number of anilines is 1. The Morgan fingerprint density at radius 3 is 2.04 bits per heavy atom.